The van der Waals surface area contributed by atoms with Gasteiger partial charge >= 0.3 is 0 Å². The molecule has 8 nitrogen and oxygen atoms in total. The second-order valence-electron chi connectivity index (χ2n) is 7.44. The Bertz CT molecular complexity index is 766. The molecule has 3 fully saturated rings. The molecule has 1 atom stereocenters. The maximum Gasteiger partial charge on any atom is 0.176 e. The molecule has 3 aliphatic heterocycles. The predicted molar refractivity (Wildman–Crippen MR) is 91.8 cm³/mol. The number of fused-ring (bicyclic) bond motifs is 1. The molecule has 3 saturated heterocycles. The monoisotopic (exact) mass is 344 g/mol. The van der Waals surface area contributed by atoms with Gasteiger partial charge in [0.25, 0.3) is 0 Å². The Kier molecular flexibility index (Phi) is 3.65. The van der Waals surface area contributed by atoms with Crippen LogP contribution in [0.1, 0.15) is 18.7 Å². The molecule has 0 amide bonds. The zero-order valence-corrected chi connectivity index (χ0v) is 14.6. The van der Waals surface area contributed by atoms with Crippen molar-refractivity contribution < 1.29 is 9.47 Å². The fourth-order valence-corrected chi connectivity index (χ4v) is 4.14. The quantitative estimate of drug-likeness (QED) is 0.803. The van der Waals surface area contributed by atoms with Crippen LogP contribution < -0.4 is 4.90 Å². The van der Waals surface area contributed by atoms with E-state index in [0.717, 1.165) is 76.1 Å². The van der Waals surface area contributed by atoms with Crippen molar-refractivity contribution in [2.24, 2.45) is 0 Å². The van der Waals surface area contributed by atoms with E-state index in [-0.39, 0.29) is 5.60 Å². The third-order valence-corrected chi connectivity index (χ3v) is 5.56. The summed E-state index contributed by atoms with van der Waals surface area (Å²) >= 11 is 0. The molecule has 0 radical (unpaired) electrons. The second kappa shape index (κ2) is 5.89. The van der Waals surface area contributed by atoms with Crippen LogP contribution in [-0.4, -0.2) is 82.1 Å². The molecular formula is C17H24N6O2. The molecule has 0 N–H and O–H groups in total. The summed E-state index contributed by atoms with van der Waals surface area (Å²) in [6.07, 6.45) is 6.31. The standard InChI is InChI=1S/C17H24N6O2/c1-13-19-15-8-18-9-16(23(15)20-13)22-6-4-21(5-7-22)10-14-2-3-17(25-14)11-24-12-17/h8-9,14H,2-7,10-12H2,1H3. The van der Waals surface area contributed by atoms with E-state index < -0.39 is 0 Å². The van der Waals surface area contributed by atoms with Crippen LogP contribution in [0.3, 0.4) is 0 Å². The Balaban J connectivity index is 1.21. The molecule has 2 aromatic heterocycles. The van der Waals surface area contributed by atoms with Gasteiger partial charge in [0, 0.05) is 32.7 Å². The van der Waals surface area contributed by atoms with Crippen LogP contribution >= 0.6 is 0 Å². The highest BCUT2D eigenvalue weighted by molar-refractivity contribution is 5.47. The van der Waals surface area contributed by atoms with Crippen molar-refractivity contribution in [1.29, 1.82) is 0 Å². The van der Waals surface area contributed by atoms with Crippen molar-refractivity contribution in [3.63, 3.8) is 0 Å². The topological polar surface area (TPSA) is 68.0 Å². The van der Waals surface area contributed by atoms with Gasteiger partial charge in [-0.05, 0) is 19.8 Å². The van der Waals surface area contributed by atoms with Crippen LogP contribution in [0.5, 0.6) is 0 Å². The normalized spacial score (nSPS) is 26.4. The lowest BCUT2D eigenvalue weighted by atomic mass is 9.98. The number of aryl methyl sites for hydroxylation is 1. The first-order chi connectivity index (χ1) is 12.2. The number of nitrogens with zero attached hydrogens (tertiary/aromatic N) is 6. The average Bonchev–Trinajstić information content (AvgIpc) is 3.18. The van der Waals surface area contributed by atoms with E-state index in [9.17, 15) is 0 Å². The van der Waals surface area contributed by atoms with Crippen molar-refractivity contribution in [3.8, 4) is 0 Å². The van der Waals surface area contributed by atoms with Crippen molar-refractivity contribution in [1.82, 2.24) is 24.5 Å². The first-order valence-electron chi connectivity index (χ1n) is 9.11. The minimum Gasteiger partial charge on any atom is -0.375 e. The van der Waals surface area contributed by atoms with Gasteiger partial charge in [0.2, 0.25) is 0 Å². The molecule has 5 rings (SSSR count). The van der Waals surface area contributed by atoms with Crippen molar-refractivity contribution in [3.05, 3.63) is 18.2 Å². The highest BCUT2D eigenvalue weighted by Crippen LogP contribution is 2.36. The summed E-state index contributed by atoms with van der Waals surface area (Å²) in [7, 11) is 0. The molecular weight excluding hydrogens is 320 g/mol. The lowest BCUT2D eigenvalue weighted by molar-refractivity contribution is -0.201. The van der Waals surface area contributed by atoms with Crippen LogP contribution in [0.15, 0.2) is 12.4 Å². The predicted octanol–water partition coefficient (Wildman–Crippen LogP) is 0.503. The van der Waals surface area contributed by atoms with E-state index in [2.05, 4.69) is 24.9 Å². The number of hydrogen-bond donors (Lipinski definition) is 0. The molecule has 1 spiro atoms. The number of anilines is 1. The second-order valence-corrected chi connectivity index (χ2v) is 7.44. The summed E-state index contributed by atoms with van der Waals surface area (Å²) in [6.45, 7) is 8.52. The summed E-state index contributed by atoms with van der Waals surface area (Å²) in [5.41, 5.74) is 0.864. The van der Waals surface area contributed by atoms with Gasteiger partial charge in [-0.25, -0.2) is 4.98 Å². The van der Waals surface area contributed by atoms with Gasteiger partial charge in [-0.15, -0.1) is 5.10 Å². The number of aromatic nitrogens is 4. The minimum atomic E-state index is 0.0543. The number of piperazine rings is 1. The SMILES string of the molecule is Cc1nc2cncc(N3CCN(CC4CCC5(COC5)O4)CC3)n2n1. The summed E-state index contributed by atoms with van der Waals surface area (Å²) < 4.78 is 13.5. The minimum absolute atomic E-state index is 0.0543. The molecule has 0 saturated carbocycles. The van der Waals surface area contributed by atoms with E-state index >= 15 is 0 Å². The Morgan fingerprint density at radius 1 is 1.20 bits per heavy atom. The first kappa shape index (κ1) is 15.5. The van der Waals surface area contributed by atoms with E-state index in [4.69, 9.17) is 9.47 Å². The smallest absolute Gasteiger partial charge is 0.176 e. The van der Waals surface area contributed by atoms with Gasteiger partial charge < -0.3 is 14.4 Å². The molecule has 5 heterocycles. The van der Waals surface area contributed by atoms with Gasteiger partial charge in [0.05, 0.1) is 31.7 Å². The Morgan fingerprint density at radius 3 is 2.76 bits per heavy atom. The largest absolute Gasteiger partial charge is 0.375 e. The summed E-state index contributed by atoms with van der Waals surface area (Å²) in [4.78, 5) is 13.6. The first-order valence-corrected chi connectivity index (χ1v) is 9.11. The summed E-state index contributed by atoms with van der Waals surface area (Å²) in [5.74, 6) is 1.81. The van der Waals surface area contributed by atoms with E-state index in [1.54, 1.807) is 6.20 Å². The fourth-order valence-electron chi connectivity index (χ4n) is 4.14. The third kappa shape index (κ3) is 2.78. The molecule has 0 aromatic carbocycles. The van der Waals surface area contributed by atoms with Crippen LogP contribution in [0, 0.1) is 6.92 Å². The van der Waals surface area contributed by atoms with Crippen molar-refractivity contribution in [2.75, 3.05) is 50.8 Å². The van der Waals surface area contributed by atoms with Gasteiger partial charge in [0.15, 0.2) is 11.5 Å². The number of rotatable bonds is 3. The summed E-state index contributed by atoms with van der Waals surface area (Å²) in [5, 5.41) is 4.50. The average molecular weight is 344 g/mol. The lowest BCUT2D eigenvalue weighted by Crippen LogP contribution is -2.52. The third-order valence-electron chi connectivity index (χ3n) is 5.56. The van der Waals surface area contributed by atoms with Crippen LogP contribution in [0.4, 0.5) is 5.82 Å². The van der Waals surface area contributed by atoms with E-state index in [1.807, 2.05) is 17.6 Å². The molecule has 8 heteroatoms. The van der Waals surface area contributed by atoms with Gasteiger partial charge in [0.1, 0.15) is 11.4 Å². The summed E-state index contributed by atoms with van der Waals surface area (Å²) in [6, 6.07) is 0. The lowest BCUT2D eigenvalue weighted by Gasteiger charge is -2.39. The molecule has 3 aliphatic rings. The fraction of sp³-hybridized carbons (Fsp3) is 0.706. The molecule has 1 unspecified atom stereocenters. The Labute approximate surface area is 146 Å². The molecule has 0 bridgehead atoms. The highest BCUT2D eigenvalue weighted by Gasteiger charge is 2.46. The molecule has 0 aliphatic carbocycles. The van der Waals surface area contributed by atoms with Gasteiger partial charge in [-0.3, -0.25) is 9.88 Å². The Morgan fingerprint density at radius 2 is 2.04 bits per heavy atom. The zero-order valence-electron chi connectivity index (χ0n) is 14.6. The van der Waals surface area contributed by atoms with E-state index in [1.165, 1.54) is 0 Å². The highest BCUT2D eigenvalue weighted by atomic mass is 16.6. The zero-order chi connectivity index (χ0) is 16.9. The number of ether oxygens (including phenoxy) is 2. The van der Waals surface area contributed by atoms with Gasteiger partial charge in [-0.1, -0.05) is 0 Å². The maximum absolute atomic E-state index is 6.25. The Hall–Kier alpha value is -1.77. The van der Waals surface area contributed by atoms with Gasteiger partial charge in [-0.2, -0.15) is 4.52 Å². The number of hydrogen-bond acceptors (Lipinski definition) is 7. The maximum atomic E-state index is 6.25. The van der Waals surface area contributed by atoms with Crippen LogP contribution in [0.25, 0.3) is 5.65 Å². The van der Waals surface area contributed by atoms with Crippen molar-refractivity contribution in [2.45, 2.75) is 31.5 Å². The molecule has 2 aromatic rings. The van der Waals surface area contributed by atoms with Crippen LogP contribution in [-0.2, 0) is 9.47 Å². The van der Waals surface area contributed by atoms with E-state index in [0.29, 0.717) is 6.10 Å². The molecule has 25 heavy (non-hydrogen) atoms. The van der Waals surface area contributed by atoms with Crippen LogP contribution in [0.2, 0.25) is 0 Å². The van der Waals surface area contributed by atoms with Crippen molar-refractivity contribution >= 4 is 11.5 Å². The molecule has 134 valence electrons.